The summed E-state index contributed by atoms with van der Waals surface area (Å²) in [5, 5.41) is 2.41. The molecule has 0 aromatic heterocycles. The minimum atomic E-state index is -3.58. The van der Waals surface area contributed by atoms with Crippen molar-refractivity contribution in [3.05, 3.63) is 87.8 Å². The third-order valence-corrected chi connectivity index (χ3v) is 5.04. The zero-order chi connectivity index (χ0) is 20.3. The van der Waals surface area contributed by atoms with Gasteiger partial charge in [0.1, 0.15) is 5.82 Å². The van der Waals surface area contributed by atoms with E-state index in [0.717, 1.165) is 17.4 Å². The summed E-state index contributed by atoms with van der Waals surface area (Å²) in [6, 6.07) is 12.2. The maximum Gasteiger partial charge on any atom is 0.264 e. The van der Waals surface area contributed by atoms with Crippen molar-refractivity contribution in [2.45, 2.75) is 13.5 Å². The molecule has 0 atom stereocenters. The maximum atomic E-state index is 13.6. The first-order valence-electron chi connectivity index (χ1n) is 8.51. The van der Waals surface area contributed by atoms with E-state index in [0.29, 0.717) is 28.4 Å². The van der Waals surface area contributed by atoms with Crippen molar-refractivity contribution in [2.24, 2.45) is 0 Å². The fourth-order valence-electron chi connectivity index (χ4n) is 2.75. The molecule has 2 aromatic rings. The Hall–Kier alpha value is -2.35. The van der Waals surface area contributed by atoms with E-state index in [1.165, 1.54) is 6.07 Å². The van der Waals surface area contributed by atoms with Crippen molar-refractivity contribution in [3.63, 3.8) is 0 Å². The number of hydrazine groups is 1. The Bertz CT molecular complexity index is 1050. The highest BCUT2D eigenvalue weighted by atomic mass is 35.5. The summed E-state index contributed by atoms with van der Waals surface area (Å²) in [7, 11) is -3.58. The second-order valence-corrected chi connectivity index (χ2v) is 8.57. The van der Waals surface area contributed by atoms with Crippen LogP contribution < -0.4 is 5.43 Å². The normalized spacial score (nSPS) is 14.4. The molecule has 2 aromatic carbocycles. The molecule has 0 amide bonds. The third kappa shape index (κ3) is 5.34. The zero-order valence-corrected chi connectivity index (χ0v) is 17.0. The van der Waals surface area contributed by atoms with E-state index in [-0.39, 0.29) is 12.4 Å². The first kappa shape index (κ1) is 20.4. The summed E-state index contributed by atoms with van der Waals surface area (Å²) < 4.78 is 41.3. The molecule has 1 aliphatic rings. The Morgan fingerprint density at radius 2 is 1.96 bits per heavy atom. The van der Waals surface area contributed by atoms with Gasteiger partial charge < -0.3 is 0 Å². The fraction of sp³-hybridized carbons (Fsp3) is 0.200. The molecule has 8 heteroatoms. The minimum absolute atomic E-state index is 0.108. The van der Waals surface area contributed by atoms with Crippen LogP contribution in [0.3, 0.4) is 0 Å². The Morgan fingerprint density at radius 3 is 2.64 bits per heavy atom. The Kier molecular flexibility index (Phi) is 6.07. The number of nitrogens with zero attached hydrogens (tertiary/aromatic N) is 1. The summed E-state index contributed by atoms with van der Waals surface area (Å²) in [5.41, 5.74) is 6.78. The van der Waals surface area contributed by atoms with Gasteiger partial charge in [0, 0.05) is 11.2 Å². The van der Waals surface area contributed by atoms with Crippen LogP contribution in [0, 0.1) is 12.7 Å². The number of halogens is 2. The molecule has 1 aliphatic heterocycles. The van der Waals surface area contributed by atoms with E-state index in [1.807, 2.05) is 18.2 Å². The fourth-order valence-corrected chi connectivity index (χ4v) is 3.30. The molecule has 3 rings (SSSR count). The summed E-state index contributed by atoms with van der Waals surface area (Å²) in [5.74, 6) is -0.288. The topological polar surface area (TPSA) is 58.6 Å². The van der Waals surface area contributed by atoms with Gasteiger partial charge in [-0.05, 0) is 59.5 Å². The molecule has 0 saturated carbocycles. The van der Waals surface area contributed by atoms with Gasteiger partial charge in [-0.3, -0.25) is 14.6 Å². The van der Waals surface area contributed by atoms with Crippen molar-refractivity contribution >= 4 is 27.4 Å². The predicted molar refractivity (Wildman–Crippen MR) is 108 cm³/mol. The molecule has 0 saturated heterocycles. The Morgan fingerprint density at radius 1 is 1.21 bits per heavy atom. The van der Waals surface area contributed by atoms with Crippen molar-refractivity contribution in [3.8, 4) is 0 Å². The van der Waals surface area contributed by atoms with Gasteiger partial charge in [0.05, 0.1) is 25.1 Å². The van der Waals surface area contributed by atoms with Crippen LogP contribution >= 0.6 is 11.6 Å². The highest BCUT2D eigenvalue weighted by molar-refractivity contribution is 7.86. The molecule has 0 spiro atoms. The molecule has 5 nitrogen and oxygen atoms in total. The monoisotopic (exact) mass is 422 g/mol. The molecule has 0 radical (unpaired) electrons. The third-order valence-electron chi connectivity index (χ3n) is 4.12. The summed E-state index contributed by atoms with van der Waals surface area (Å²) >= 11 is 6.26. The summed E-state index contributed by atoms with van der Waals surface area (Å²) in [6.45, 7) is 2.02. The van der Waals surface area contributed by atoms with E-state index in [4.69, 9.17) is 15.8 Å². The molecule has 1 N–H and O–H groups in total. The van der Waals surface area contributed by atoms with Gasteiger partial charge in [0.25, 0.3) is 10.1 Å². The van der Waals surface area contributed by atoms with Crippen molar-refractivity contribution in [1.82, 2.24) is 10.4 Å². The van der Waals surface area contributed by atoms with Crippen molar-refractivity contribution in [2.75, 3.05) is 12.9 Å². The highest BCUT2D eigenvalue weighted by Crippen LogP contribution is 2.24. The van der Waals surface area contributed by atoms with E-state index >= 15 is 0 Å². The van der Waals surface area contributed by atoms with Gasteiger partial charge in [-0.15, -0.1) is 0 Å². The predicted octanol–water partition coefficient (Wildman–Crippen LogP) is 4.01. The van der Waals surface area contributed by atoms with Crippen molar-refractivity contribution in [1.29, 1.82) is 0 Å². The second-order valence-electron chi connectivity index (χ2n) is 6.52. The number of hydrogen-bond acceptors (Lipinski definition) is 5. The molecule has 0 fully saturated rings. The van der Waals surface area contributed by atoms with Gasteiger partial charge in [-0.1, -0.05) is 29.8 Å². The molecular formula is C20H20ClFN2O3S. The maximum absolute atomic E-state index is 13.6. The van der Waals surface area contributed by atoms with Gasteiger partial charge in [-0.25, -0.2) is 4.39 Å². The number of hydrogen-bond donors (Lipinski definition) is 1. The first-order valence-corrected chi connectivity index (χ1v) is 10.7. The van der Waals surface area contributed by atoms with Crippen LogP contribution in [-0.4, -0.2) is 26.3 Å². The lowest BCUT2D eigenvalue weighted by molar-refractivity contribution is 0.299. The van der Waals surface area contributed by atoms with Crippen LogP contribution in [0.1, 0.15) is 16.7 Å². The van der Waals surface area contributed by atoms with E-state index in [1.54, 1.807) is 42.4 Å². The molecule has 148 valence electrons. The zero-order valence-electron chi connectivity index (χ0n) is 15.4. The van der Waals surface area contributed by atoms with E-state index in [9.17, 15) is 12.8 Å². The number of nitrogens with one attached hydrogen (secondary N) is 1. The molecule has 28 heavy (non-hydrogen) atoms. The molecule has 0 unspecified atom stereocenters. The number of aryl methyl sites for hydroxylation is 1. The Balaban J connectivity index is 1.90. The lowest BCUT2D eigenvalue weighted by Crippen LogP contribution is -2.35. The smallest absolute Gasteiger partial charge is 0.264 e. The standard InChI is InChI=1S/C20H20ClFN2O3S/c1-14-9-16(7-8-19(14)22)20-10-15(13-27-28(2,25)26)11-24(23-20)12-17-5-3-4-6-18(17)21/h3-11,23H,12-13H2,1-2H3. The largest absolute Gasteiger partial charge is 0.298 e. The highest BCUT2D eigenvalue weighted by Gasteiger charge is 2.16. The lowest BCUT2D eigenvalue weighted by atomic mass is 10.1. The first-order chi connectivity index (χ1) is 13.2. The lowest BCUT2D eigenvalue weighted by Gasteiger charge is -2.29. The van der Waals surface area contributed by atoms with Gasteiger partial charge >= 0.3 is 0 Å². The molecule has 1 heterocycles. The summed E-state index contributed by atoms with van der Waals surface area (Å²) in [4.78, 5) is 0. The van der Waals surface area contributed by atoms with Crippen LogP contribution in [0.25, 0.3) is 5.70 Å². The Labute approximate surface area is 169 Å². The second kappa shape index (κ2) is 8.34. The van der Waals surface area contributed by atoms with Gasteiger partial charge in [-0.2, -0.15) is 8.42 Å². The minimum Gasteiger partial charge on any atom is -0.298 e. The van der Waals surface area contributed by atoms with E-state index in [2.05, 4.69) is 5.43 Å². The quantitative estimate of drug-likeness (QED) is 0.713. The van der Waals surface area contributed by atoms with Crippen LogP contribution in [0.15, 0.2) is 60.3 Å². The molecule has 0 aliphatic carbocycles. The van der Waals surface area contributed by atoms with Crippen LogP contribution in [0.2, 0.25) is 5.02 Å². The van der Waals surface area contributed by atoms with Crippen LogP contribution in [-0.2, 0) is 20.8 Å². The van der Waals surface area contributed by atoms with E-state index < -0.39 is 10.1 Å². The summed E-state index contributed by atoms with van der Waals surface area (Å²) in [6.07, 6.45) is 4.54. The van der Waals surface area contributed by atoms with Crippen LogP contribution in [0.4, 0.5) is 4.39 Å². The van der Waals surface area contributed by atoms with Crippen LogP contribution in [0.5, 0.6) is 0 Å². The average Bonchev–Trinajstić information content (AvgIpc) is 2.63. The number of benzene rings is 2. The number of rotatable bonds is 6. The van der Waals surface area contributed by atoms with Gasteiger partial charge in [0.15, 0.2) is 0 Å². The molecular weight excluding hydrogens is 403 g/mol. The van der Waals surface area contributed by atoms with Crippen molar-refractivity contribution < 1.29 is 17.0 Å². The average molecular weight is 423 g/mol. The van der Waals surface area contributed by atoms with Gasteiger partial charge in [0.2, 0.25) is 0 Å². The molecule has 0 bridgehead atoms. The SMILES string of the molecule is Cc1cc(C2=CC(COS(C)(=O)=O)=CN(Cc3ccccc3Cl)N2)ccc1F.